The molecule has 1 amide bonds. The van der Waals surface area contributed by atoms with E-state index < -0.39 is 0 Å². The first-order valence-electron chi connectivity index (χ1n) is 5.70. The van der Waals surface area contributed by atoms with Crippen molar-refractivity contribution in [3.8, 4) is 0 Å². The van der Waals surface area contributed by atoms with Crippen molar-refractivity contribution in [3.63, 3.8) is 0 Å². The van der Waals surface area contributed by atoms with Crippen molar-refractivity contribution in [1.82, 2.24) is 4.90 Å². The maximum atomic E-state index is 12.7. The van der Waals surface area contributed by atoms with E-state index >= 15 is 0 Å². The Labute approximate surface area is 96.1 Å². The van der Waals surface area contributed by atoms with Gasteiger partial charge in [-0.25, -0.2) is 4.39 Å². The topological polar surface area (TPSA) is 20.3 Å². The molecule has 2 nitrogen and oxygen atoms in total. The van der Waals surface area contributed by atoms with Crippen LogP contribution in [0.5, 0.6) is 0 Å². The lowest BCUT2D eigenvalue weighted by molar-refractivity contribution is -0.118. The Balaban J connectivity index is 2.43. The predicted molar refractivity (Wildman–Crippen MR) is 62.4 cm³/mol. The van der Waals surface area contributed by atoms with E-state index in [1.54, 1.807) is 17.0 Å². The summed E-state index contributed by atoms with van der Waals surface area (Å²) >= 11 is 0. The van der Waals surface area contributed by atoms with Gasteiger partial charge in [0.05, 0.1) is 0 Å². The van der Waals surface area contributed by atoms with Crippen LogP contribution in [-0.4, -0.2) is 17.9 Å². The SMILES string of the molecule is CCCCCN(C=O)Cc1ccc(F)cc1. The van der Waals surface area contributed by atoms with E-state index in [9.17, 15) is 9.18 Å². The molecule has 16 heavy (non-hydrogen) atoms. The number of amides is 1. The molecular weight excluding hydrogens is 205 g/mol. The molecule has 0 aliphatic rings. The van der Waals surface area contributed by atoms with Crippen LogP contribution in [0.1, 0.15) is 31.7 Å². The Kier molecular flexibility index (Phi) is 5.54. The number of benzene rings is 1. The molecule has 0 aliphatic heterocycles. The van der Waals surface area contributed by atoms with Crippen molar-refractivity contribution in [2.45, 2.75) is 32.7 Å². The van der Waals surface area contributed by atoms with Gasteiger partial charge in [-0.15, -0.1) is 0 Å². The van der Waals surface area contributed by atoms with Crippen molar-refractivity contribution in [1.29, 1.82) is 0 Å². The van der Waals surface area contributed by atoms with Crippen LogP contribution in [0, 0.1) is 5.82 Å². The average Bonchev–Trinajstić information content (AvgIpc) is 2.31. The maximum absolute atomic E-state index is 12.7. The number of hydrogen-bond donors (Lipinski definition) is 0. The molecule has 1 rings (SSSR count). The normalized spacial score (nSPS) is 10.1. The number of unbranched alkanes of at least 4 members (excludes halogenated alkanes) is 2. The second-order valence-corrected chi connectivity index (χ2v) is 3.91. The number of rotatable bonds is 7. The molecule has 0 fully saturated rings. The van der Waals surface area contributed by atoms with Crippen LogP contribution in [0.15, 0.2) is 24.3 Å². The summed E-state index contributed by atoms with van der Waals surface area (Å²) in [7, 11) is 0. The summed E-state index contributed by atoms with van der Waals surface area (Å²) in [5, 5.41) is 0. The fourth-order valence-corrected chi connectivity index (χ4v) is 1.56. The third-order valence-electron chi connectivity index (χ3n) is 2.50. The van der Waals surface area contributed by atoms with Gasteiger partial charge in [0, 0.05) is 13.1 Å². The zero-order valence-corrected chi connectivity index (χ0v) is 9.66. The van der Waals surface area contributed by atoms with Crippen LogP contribution >= 0.6 is 0 Å². The minimum Gasteiger partial charge on any atom is -0.341 e. The van der Waals surface area contributed by atoms with Crippen molar-refractivity contribution >= 4 is 6.41 Å². The third kappa shape index (κ3) is 4.43. The Morgan fingerprint density at radius 1 is 1.25 bits per heavy atom. The molecule has 3 heteroatoms. The number of hydrogen-bond acceptors (Lipinski definition) is 1. The standard InChI is InChI=1S/C13H18FNO/c1-2-3-4-9-15(11-16)10-12-5-7-13(14)8-6-12/h5-8,11H,2-4,9-10H2,1H3. The minimum absolute atomic E-state index is 0.243. The van der Waals surface area contributed by atoms with E-state index in [0.717, 1.165) is 37.8 Å². The summed E-state index contributed by atoms with van der Waals surface area (Å²) in [6.45, 7) is 3.47. The van der Waals surface area contributed by atoms with Crippen molar-refractivity contribution in [3.05, 3.63) is 35.6 Å². The molecule has 0 radical (unpaired) electrons. The summed E-state index contributed by atoms with van der Waals surface area (Å²) in [6, 6.07) is 6.27. The van der Waals surface area contributed by atoms with E-state index in [-0.39, 0.29) is 5.82 Å². The second kappa shape index (κ2) is 6.99. The molecule has 1 aromatic carbocycles. The molecule has 0 spiro atoms. The second-order valence-electron chi connectivity index (χ2n) is 3.91. The maximum Gasteiger partial charge on any atom is 0.210 e. The molecule has 0 saturated carbocycles. The van der Waals surface area contributed by atoms with Crippen LogP contribution < -0.4 is 0 Å². The van der Waals surface area contributed by atoms with Gasteiger partial charge in [0.1, 0.15) is 5.82 Å². The highest BCUT2D eigenvalue weighted by Crippen LogP contribution is 2.06. The summed E-state index contributed by atoms with van der Waals surface area (Å²) in [6.07, 6.45) is 4.16. The van der Waals surface area contributed by atoms with Gasteiger partial charge < -0.3 is 4.90 Å². The van der Waals surface area contributed by atoms with E-state index in [0.29, 0.717) is 6.54 Å². The third-order valence-corrected chi connectivity index (χ3v) is 2.50. The van der Waals surface area contributed by atoms with Crippen molar-refractivity contribution < 1.29 is 9.18 Å². The molecule has 1 aromatic rings. The average molecular weight is 223 g/mol. The van der Waals surface area contributed by atoms with Crippen LogP contribution in [0.25, 0.3) is 0 Å². The van der Waals surface area contributed by atoms with Crippen LogP contribution in [0.2, 0.25) is 0 Å². The smallest absolute Gasteiger partial charge is 0.210 e. The van der Waals surface area contributed by atoms with Crippen molar-refractivity contribution in [2.75, 3.05) is 6.54 Å². The number of carbonyl (C=O) groups excluding carboxylic acids is 1. The summed E-state index contributed by atoms with van der Waals surface area (Å²) in [4.78, 5) is 12.5. The number of carbonyl (C=O) groups is 1. The Morgan fingerprint density at radius 3 is 2.50 bits per heavy atom. The minimum atomic E-state index is -0.243. The van der Waals surface area contributed by atoms with Gasteiger partial charge in [0.25, 0.3) is 0 Å². The van der Waals surface area contributed by atoms with Crippen molar-refractivity contribution in [2.24, 2.45) is 0 Å². The highest BCUT2D eigenvalue weighted by Gasteiger charge is 2.02. The molecule has 0 unspecified atom stereocenters. The van der Waals surface area contributed by atoms with E-state index in [1.807, 2.05) is 0 Å². The molecule has 0 saturated heterocycles. The quantitative estimate of drug-likeness (QED) is 0.514. The monoisotopic (exact) mass is 223 g/mol. The van der Waals surface area contributed by atoms with Crippen LogP contribution in [-0.2, 0) is 11.3 Å². The predicted octanol–water partition coefficient (Wildman–Crippen LogP) is 2.97. The largest absolute Gasteiger partial charge is 0.341 e. The first kappa shape index (κ1) is 12.7. The highest BCUT2D eigenvalue weighted by atomic mass is 19.1. The van der Waals surface area contributed by atoms with Gasteiger partial charge in [0.2, 0.25) is 6.41 Å². The van der Waals surface area contributed by atoms with Gasteiger partial charge in [-0.1, -0.05) is 31.9 Å². The van der Waals surface area contributed by atoms with Gasteiger partial charge in [0.15, 0.2) is 0 Å². The van der Waals surface area contributed by atoms with Crippen LogP contribution in [0.4, 0.5) is 4.39 Å². The van der Waals surface area contributed by atoms with E-state index in [1.165, 1.54) is 12.1 Å². The zero-order chi connectivity index (χ0) is 11.8. The Morgan fingerprint density at radius 2 is 1.94 bits per heavy atom. The van der Waals surface area contributed by atoms with Gasteiger partial charge in [-0.05, 0) is 24.1 Å². The molecule has 88 valence electrons. The van der Waals surface area contributed by atoms with E-state index in [4.69, 9.17) is 0 Å². The molecular formula is C13H18FNO. The first-order chi connectivity index (χ1) is 7.76. The van der Waals surface area contributed by atoms with Gasteiger partial charge >= 0.3 is 0 Å². The zero-order valence-electron chi connectivity index (χ0n) is 9.66. The lowest BCUT2D eigenvalue weighted by atomic mass is 10.2. The fraction of sp³-hybridized carbons (Fsp3) is 0.462. The molecule has 0 bridgehead atoms. The molecule has 0 aliphatic carbocycles. The van der Waals surface area contributed by atoms with Crippen LogP contribution in [0.3, 0.4) is 0 Å². The summed E-state index contributed by atoms with van der Waals surface area (Å²) in [5.74, 6) is -0.243. The summed E-state index contributed by atoms with van der Waals surface area (Å²) < 4.78 is 12.7. The summed E-state index contributed by atoms with van der Waals surface area (Å²) in [5.41, 5.74) is 0.963. The highest BCUT2D eigenvalue weighted by molar-refractivity contribution is 5.47. The lowest BCUT2D eigenvalue weighted by Crippen LogP contribution is -2.22. The molecule has 0 heterocycles. The van der Waals surface area contributed by atoms with Gasteiger partial charge in [-0.3, -0.25) is 4.79 Å². The Hall–Kier alpha value is -1.38. The molecule has 0 N–H and O–H groups in total. The lowest BCUT2D eigenvalue weighted by Gasteiger charge is -2.17. The number of halogens is 1. The Bertz CT molecular complexity index is 310. The van der Waals surface area contributed by atoms with Gasteiger partial charge in [-0.2, -0.15) is 0 Å². The number of nitrogens with zero attached hydrogens (tertiary/aromatic N) is 1. The molecule has 0 aromatic heterocycles. The fourth-order valence-electron chi connectivity index (χ4n) is 1.56. The first-order valence-corrected chi connectivity index (χ1v) is 5.70. The van der Waals surface area contributed by atoms with E-state index in [2.05, 4.69) is 6.92 Å². The molecule has 0 atom stereocenters.